The van der Waals surface area contributed by atoms with Gasteiger partial charge in [-0.05, 0) is 34.1 Å². The quantitative estimate of drug-likeness (QED) is 0.741. The first-order valence-corrected chi connectivity index (χ1v) is 8.16. The highest BCUT2D eigenvalue weighted by molar-refractivity contribution is 9.10. The van der Waals surface area contributed by atoms with Crippen molar-refractivity contribution in [2.24, 2.45) is 0 Å². The average molecular weight is 397 g/mol. The minimum absolute atomic E-state index is 0.00396. The van der Waals surface area contributed by atoms with Gasteiger partial charge in [-0.25, -0.2) is 21.9 Å². The van der Waals surface area contributed by atoms with E-state index in [1.807, 2.05) is 5.32 Å². The molecule has 7 nitrogen and oxygen atoms in total. The monoisotopic (exact) mass is 396 g/mol. The van der Waals surface area contributed by atoms with Gasteiger partial charge in [0.1, 0.15) is 6.67 Å². The Morgan fingerprint density at radius 3 is 2.41 bits per heavy atom. The summed E-state index contributed by atoms with van der Waals surface area (Å²) in [6.07, 6.45) is 0. The summed E-state index contributed by atoms with van der Waals surface area (Å²) in [5.41, 5.74) is 0.00396. The van der Waals surface area contributed by atoms with Crippen LogP contribution in [0.4, 0.5) is 4.39 Å². The molecule has 0 aliphatic rings. The van der Waals surface area contributed by atoms with Crippen LogP contribution in [0.25, 0.3) is 0 Å². The SMILES string of the molecule is CN(C)S(=O)(=O)c1ccc(C(=O)NC(CF)C(=O)O)cc1Br. The van der Waals surface area contributed by atoms with Gasteiger partial charge in [0.2, 0.25) is 10.0 Å². The molecule has 0 heterocycles. The molecular formula is C12H14BrFN2O5S. The van der Waals surface area contributed by atoms with Crippen molar-refractivity contribution >= 4 is 37.8 Å². The topological polar surface area (TPSA) is 104 Å². The Kier molecular flexibility index (Phi) is 6.03. The molecule has 0 aromatic heterocycles. The fourth-order valence-corrected chi connectivity index (χ4v) is 3.39. The highest BCUT2D eigenvalue weighted by atomic mass is 79.9. The van der Waals surface area contributed by atoms with Gasteiger partial charge in [0.15, 0.2) is 6.04 Å². The second-order valence-corrected chi connectivity index (χ2v) is 7.43. The molecule has 0 bridgehead atoms. The number of alkyl halides is 1. The minimum Gasteiger partial charge on any atom is -0.480 e. The summed E-state index contributed by atoms with van der Waals surface area (Å²) >= 11 is 3.06. The first-order valence-electron chi connectivity index (χ1n) is 5.93. The summed E-state index contributed by atoms with van der Waals surface area (Å²) in [5, 5.41) is 10.7. The number of carbonyl (C=O) groups is 2. The number of halogens is 2. The third kappa shape index (κ3) is 4.02. The molecule has 0 radical (unpaired) electrons. The first-order chi connectivity index (χ1) is 10.1. The average Bonchev–Trinajstić information content (AvgIpc) is 2.43. The molecule has 10 heteroatoms. The molecule has 1 rings (SSSR count). The number of rotatable bonds is 6. The Morgan fingerprint density at radius 2 is 2.00 bits per heavy atom. The van der Waals surface area contributed by atoms with Crippen molar-refractivity contribution in [2.75, 3.05) is 20.8 Å². The summed E-state index contributed by atoms with van der Waals surface area (Å²) < 4.78 is 37.7. The van der Waals surface area contributed by atoms with Crippen molar-refractivity contribution < 1.29 is 27.5 Å². The van der Waals surface area contributed by atoms with Gasteiger partial charge < -0.3 is 10.4 Å². The van der Waals surface area contributed by atoms with Gasteiger partial charge in [-0.1, -0.05) is 0 Å². The summed E-state index contributed by atoms with van der Waals surface area (Å²) in [7, 11) is -0.966. The molecule has 122 valence electrons. The van der Waals surface area contributed by atoms with E-state index in [2.05, 4.69) is 15.9 Å². The summed E-state index contributed by atoms with van der Waals surface area (Å²) in [6, 6.07) is 1.99. The van der Waals surface area contributed by atoms with Crippen LogP contribution in [0.15, 0.2) is 27.6 Å². The van der Waals surface area contributed by atoms with Crippen LogP contribution in [-0.4, -0.2) is 56.5 Å². The summed E-state index contributed by atoms with van der Waals surface area (Å²) in [5.74, 6) is -2.32. The van der Waals surface area contributed by atoms with E-state index in [0.717, 1.165) is 4.31 Å². The number of carboxylic acid groups (broad SMARTS) is 1. The van der Waals surface area contributed by atoms with Crippen LogP contribution in [0, 0.1) is 0 Å². The van der Waals surface area contributed by atoms with E-state index >= 15 is 0 Å². The van der Waals surface area contributed by atoms with Gasteiger partial charge in [-0.3, -0.25) is 4.79 Å². The van der Waals surface area contributed by atoms with Crippen molar-refractivity contribution in [3.8, 4) is 0 Å². The standard InChI is InChI=1S/C12H14BrFN2O5S/c1-16(2)22(20,21)10-4-3-7(5-8(10)13)11(17)15-9(6-14)12(18)19/h3-5,9H,6H2,1-2H3,(H,15,17)(H,18,19). The molecule has 1 amide bonds. The number of sulfonamides is 1. The number of carboxylic acids is 1. The highest BCUT2D eigenvalue weighted by Crippen LogP contribution is 2.25. The van der Waals surface area contributed by atoms with E-state index < -0.39 is 34.6 Å². The molecule has 1 unspecified atom stereocenters. The van der Waals surface area contributed by atoms with Crippen molar-refractivity contribution in [2.45, 2.75) is 10.9 Å². The fraction of sp³-hybridized carbons (Fsp3) is 0.333. The number of hydrogen-bond donors (Lipinski definition) is 2. The Hall–Kier alpha value is -1.52. The van der Waals surface area contributed by atoms with Crippen LogP contribution in [0.5, 0.6) is 0 Å². The van der Waals surface area contributed by atoms with Gasteiger partial charge in [0.05, 0.1) is 4.90 Å². The number of carbonyl (C=O) groups excluding carboxylic acids is 1. The van der Waals surface area contributed by atoms with E-state index in [1.54, 1.807) is 0 Å². The maximum atomic E-state index is 12.5. The molecule has 1 aromatic carbocycles. The zero-order valence-corrected chi connectivity index (χ0v) is 14.1. The molecule has 1 aromatic rings. The number of amides is 1. The molecule has 0 saturated heterocycles. The van der Waals surface area contributed by atoms with E-state index in [9.17, 15) is 22.4 Å². The number of hydrogen-bond acceptors (Lipinski definition) is 4. The second-order valence-electron chi connectivity index (χ2n) is 4.45. The third-order valence-corrected chi connectivity index (χ3v) is 5.50. The van der Waals surface area contributed by atoms with Crippen molar-refractivity contribution in [3.05, 3.63) is 28.2 Å². The normalized spacial score (nSPS) is 13.0. The van der Waals surface area contributed by atoms with E-state index in [-0.39, 0.29) is 14.9 Å². The summed E-state index contributed by atoms with van der Waals surface area (Å²) in [6.45, 7) is -1.25. The van der Waals surface area contributed by atoms with Gasteiger partial charge >= 0.3 is 5.97 Å². The Morgan fingerprint density at radius 1 is 1.41 bits per heavy atom. The second kappa shape index (κ2) is 7.16. The maximum Gasteiger partial charge on any atom is 0.328 e. The minimum atomic E-state index is -3.69. The Labute approximate surface area is 135 Å². The van der Waals surface area contributed by atoms with Crippen LogP contribution >= 0.6 is 15.9 Å². The predicted octanol–water partition coefficient (Wildman–Crippen LogP) is 0.852. The van der Waals surface area contributed by atoms with Crippen molar-refractivity contribution in [3.63, 3.8) is 0 Å². The lowest BCUT2D eigenvalue weighted by Gasteiger charge is -2.14. The van der Waals surface area contributed by atoms with E-state index in [0.29, 0.717) is 0 Å². The Bertz CT molecular complexity index is 693. The van der Waals surface area contributed by atoms with Crippen LogP contribution < -0.4 is 5.32 Å². The molecule has 1 atom stereocenters. The first kappa shape index (κ1) is 18.5. The molecule has 0 saturated carbocycles. The molecular weight excluding hydrogens is 383 g/mol. The number of nitrogens with one attached hydrogen (secondary N) is 1. The molecule has 0 spiro atoms. The lowest BCUT2D eigenvalue weighted by atomic mass is 10.2. The maximum absolute atomic E-state index is 12.5. The molecule has 22 heavy (non-hydrogen) atoms. The summed E-state index contributed by atoms with van der Waals surface area (Å²) in [4.78, 5) is 22.5. The molecule has 0 aliphatic heterocycles. The molecule has 0 fully saturated rings. The fourth-order valence-electron chi connectivity index (χ4n) is 1.46. The predicted molar refractivity (Wildman–Crippen MR) is 79.9 cm³/mol. The van der Waals surface area contributed by atoms with Gasteiger partial charge in [-0.15, -0.1) is 0 Å². The Balaban J connectivity index is 3.09. The largest absolute Gasteiger partial charge is 0.480 e. The van der Waals surface area contributed by atoms with Crippen LogP contribution in [0.1, 0.15) is 10.4 Å². The number of benzene rings is 1. The lowest BCUT2D eigenvalue weighted by Crippen LogP contribution is -2.42. The van der Waals surface area contributed by atoms with Crippen molar-refractivity contribution in [1.82, 2.24) is 9.62 Å². The van der Waals surface area contributed by atoms with Crippen LogP contribution in [0.3, 0.4) is 0 Å². The smallest absolute Gasteiger partial charge is 0.328 e. The van der Waals surface area contributed by atoms with E-state index in [4.69, 9.17) is 5.11 Å². The zero-order chi connectivity index (χ0) is 17.1. The zero-order valence-electron chi connectivity index (χ0n) is 11.7. The number of aliphatic carboxylic acids is 1. The lowest BCUT2D eigenvalue weighted by molar-refractivity contribution is -0.139. The van der Waals surface area contributed by atoms with Crippen LogP contribution in [0.2, 0.25) is 0 Å². The van der Waals surface area contributed by atoms with Gasteiger partial charge in [0, 0.05) is 24.1 Å². The molecule has 2 N–H and O–H groups in total. The van der Waals surface area contributed by atoms with E-state index in [1.165, 1.54) is 32.3 Å². The number of nitrogens with zero attached hydrogens (tertiary/aromatic N) is 1. The van der Waals surface area contributed by atoms with Gasteiger partial charge in [-0.2, -0.15) is 0 Å². The highest BCUT2D eigenvalue weighted by Gasteiger charge is 2.23. The van der Waals surface area contributed by atoms with Crippen molar-refractivity contribution in [1.29, 1.82) is 0 Å². The van der Waals surface area contributed by atoms with Crippen LogP contribution in [-0.2, 0) is 14.8 Å². The van der Waals surface area contributed by atoms with Gasteiger partial charge in [0.25, 0.3) is 5.91 Å². The third-order valence-electron chi connectivity index (χ3n) is 2.71. The molecule has 0 aliphatic carbocycles.